The Labute approximate surface area is 63.8 Å². The number of rotatable bonds is 4. The summed E-state index contributed by atoms with van der Waals surface area (Å²) >= 11 is 0. The standard InChI is InChI=1S/C9H17N/c1-4-6-9(5-2)7-8-10-3/h4-6,10H,7-8H2,1-3H3. The molecule has 1 N–H and O–H groups in total. The Morgan fingerprint density at radius 3 is 2.50 bits per heavy atom. The average Bonchev–Trinajstić information content (AvgIpc) is 1.98. The third-order valence-electron chi connectivity index (χ3n) is 1.42. The van der Waals surface area contributed by atoms with Gasteiger partial charge in [0.05, 0.1) is 0 Å². The molecule has 0 aliphatic carbocycles. The SMILES string of the molecule is CC=CC(=CC)CCNC. The summed E-state index contributed by atoms with van der Waals surface area (Å²) in [7, 11) is 1.98. The molecule has 10 heavy (non-hydrogen) atoms. The molecule has 0 aromatic carbocycles. The molecule has 0 saturated heterocycles. The fraction of sp³-hybridized carbons (Fsp3) is 0.556. The molecule has 0 atom stereocenters. The van der Waals surface area contributed by atoms with Crippen molar-refractivity contribution in [2.45, 2.75) is 20.3 Å². The lowest BCUT2D eigenvalue weighted by Crippen LogP contribution is -2.07. The van der Waals surface area contributed by atoms with Gasteiger partial charge in [-0.3, -0.25) is 0 Å². The van der Waals surface area contributed by atoms with Crippen molar-refractivity contribution in [2.75, 3.05) is 13.6 Å². The second-order valence-corrected chi connectivity index (χ2v) is 2.22. The Balaban J connectivity index is 3.62. The number of hydrogen-bond donors (Lipinski definition) is 1. The molecule has 0 spiro atoms. The van der Waals surface area contributed by atoms with E-state index in [1.54, 1.807) is 0 Å². The Morgan fingerprint density at radius 2 is 2.10 bits per heavy atom. The molecule has 0 bridgehead atoms. The average molecular weight is 139 g/mol. The Hall–Kier alpha value is -0.560. The highest BCUT2D eigenvalue weighted by Crippen LogP contribution is 2.00. The Bertz CT molecular complexity index is 123. The molecule has 0 heterocycles. The van der Waals surface area contributed by atoms with Crippen molar-refractivity contribution in [3.63, 3.8) is 0 Å². The summed E-state index contributed by atoms with van der Waals surface area (Å²) in [5.74, 6) is 0. The molecule has 58 valence electrons. The van der Waals surface area contributed by atoms with Gasteiger partial charge in [0.15, 0.2) is 0 Å². The van der Waals surface area contributed by atoms with Gasteiger partial charge in [-0.05, 0) is 33.9 Å². The van der Waals surface area contributed by atoms with E-state index in [9.17, 15) is 0 Å². The lowest BCUT2D eigenvalue weighted by molar-refractivity contribution is 0.793. The van der Waals surface area contributed by atoms with Crippen molar-refractivity contribution in [1.82, 2.24) is 5.32 Å². The van der Waals surface area contributed by atoms with Gasteiger partial charge < -0.3 is 5.32 Å². The fourth-order valence-electron chi connectivity index (χ4n) is 0.807. The molecule has 0 aromatic heterocycles. The molecule has 0 amide bonds. The normalized spacial score (nSPS) is 12.9. The second kappa shape index (κ2) is 6.56. The van der Waals surface area contributed by atoms with E-state index < -0.39 is 0 Å². The highest BCUT2D eigenvalue weighted by molar-refractivity contribution is 5.17. The minimum absolute atomic E-state index is 1.06. The van der Waals surface area contributed by atoms with Gasteiger partial charge in [-0.25, -0.2) is 0 Å². The first-order valence-electron chi connectivity index (χ1n) is 3.77. The largest absolute Gasteiger partial charge is 0.319 e. The summed E-state index contributed by atoms with van der Waals surface area (Å²) in [6.07, 6.45) is 7.50. The van der Waals surface area contributed by atoms with Crippen LogP contribution >= 0.6 is 0 Å². The Morgan fingerprint density at radius 1 is 1.40 bits per heavy atom. The van der Waals surface area contributed by atoms with Crippen molar-refractivity contribution in [1.29, 1.82) is 0 Å². The number of hydrogen-bond acceptors (Lipinski definition) is 1. The molecule has 0 aromatic rings. The first-order chi connectivity index (χ1) is 4.85. The molecule has 1 heteroatoms. The van der Waals surface area contributed by atoms with Crippen molar-refractivity contribution in [2.24, 2.45) is 0 Å². The van der Waals surface area contributed by atoms with E-state index in [0.717, 1.165) is 13.0 Å². The van der Waals surface area contributed by atoms with E-state index in [0.29, 0.717) is 0 Å². The molecule has 0 aliphatic heterocycles. The van der Waals surface area contributed by atoms with Gasteiger partial charge in [0.1, 0.15) is 0 Å². The zero-order valence-electron chi connectivity index (χ0n) is 7.15. The first kappa shape index (κ1) is 9.44. The lowest BCUT2D eigenvalue weighted by atomic mass is 10.1. The highest BCUT2D eigenvalue weighted by atomic mass is 14.8. The Kier molecular flexibility index (Phi) is 6.19. The zero-order chi connectivity index (χ0) is 7.82. The third-order valence-corrected chi connectivity index (χ3v) is 1.42. The van der Waals surface area contributed by atoms with Gasteiger partial charge >= 0.3 is 0 Å². The first-order valence-corrected chi connectivity index (χ1v) is 3.77. The monoisotopic (exact) mass is 139 g/mol. The summed E-state index contributed by atoms with van der Waals surface area (Å²) in [6.45, 7) is 5.18. The molecule has 1 nitrogen and oxygen atoms in total. The van der Waals surface area contributed by atoms with Crippen LogP contribution in [0.4, 0.5) is 0 Å². The summed E-state index contributed by atoms with van der Waals surface area (Å²) in [4.78, 5) is 0. The van der Waals surface area contributed by atoms with Crippen LogP contribution < -0.4 is 5.32 Å². The number of allylic oxidation sites excluding steroid dienone is 3. The molecule has 0 radical (unpaired) electrons. The fourth-order valence-corrected chi connectivity index (χ4v) is 0.807. The maximum absolute atomic E-state index is 3.12. The third kappa shape index (κ3) is 4.33. The van der Waals surface area contributed by atoms with Crippen LogP contribution in [0.1, 0.15) is 20.3 Å². The van der Waals surface area contributed by atoms with E-state index >= 15 is 0 Å². The minimum atomic E-state index is 1.06. The summed E-state index contributed by atoms with van der Waals surface area (Å²) in [5.41, 5.74) is 1.40. The van der Waals surface area contributed by atoms with Crippen LogP contribution in [0.3, 0.4) is 0 Å². The van der Waals surface area contributed by atoms with Crippen LogP contribution in [0.5, 0.6) is 0 Å². The molecule has 0 aliphatic rings. The van der Waals surface area contributed by atoms with Crippen molar-refractivity contribution < 1.29 is 0 Å². The van der Waals surface area contributed by atoms with E-state index in [2.05, 4.69) is 30.5 Å². The van der Waals surface area contributed by atoms with Gasteiger partial charge in [-0.1, -0.05) is 23.8 Å². The maximum atomic E-state index is 3.12. The molecular weight excluding hydrogens is 122 g/mol. The van der Waals surface area contributed by atoms with Crippen LogP contribution in [0, 0.1) is 0 Å². The molecule has 0 saturated carbocycles. The summed E-state index contributed by atoms with van der Waals surface area (Å²) in [5, 5.41) is 3.12. The minimum Gasteiger partial charge on any atom is -0.319 e. The van der Waals surface area contributed by atoms with Crippen LogP contribution in [-0.2, 0) is 0 Å². The van der Waals surface area contributed by atoms with Crippen LogP contribution in [0.25, 0.3) is 0 Å². The smallest absolute Gasteiger partial charge is 0.00115 e. The molecular formula is C9H17N. The quantitative estimate of drug-likeness (QED) is 0.588. The van der Waals surface area contributed by atoms with Crippen LogP contribution in [-0.4, -0.2) is 13.6 Å². The van der Waals surface area contributed by atoms with E-state index in [1.165, 1.54) is 5.57 Å². The zero-order valence-corrected chi connectivity index (χ0v) is 7.15. The lowest BCUT2D eigenvalue weighted by Gasteiger charge is -1.98. The van der Waals surface area contributed by atoms with E-state index in [1.807, 2.05) is 14.0 Å². The predicted octanol–water partition coefficient (Wildman–Crippen LogP) is 2.12. The van der Waals surface area contributed by atoms with Crippen LogP contribution in [0.2, 0.25) is 0 Å². The highest BCUT2D eigenvalue weighted by Gasteiger charge is 1.87. The van der Waals surface area contributed by atoms with Gasteiger partial charge in [-0.2, -0.15) is 0 Å². The van der Waals surface area contributed by atoms with Gasteiger partial charge in [0, 0.05) is 0 Å². The summed E-state index contributed by atoms with van der Waals surface area (Å²) < 4.78 is 0. The molecule has 0 rings (SSSR count). The number of nitrogens with one attached hydrogen (secondary N) is 1. The van der Waals surface area contributed by atoms with Crippen molar-refractivity contribution in [3.8, 4) is 0 Å². The van der Waals surface area contributed by atoms with Gasteiger partial charge in [-0.15, -0.1) is 0 Å². The summed E-state index contributed by atoms with van der Waals surface area (Å²) in [6, 6.07) is 0. The van der Waals surface area contributed by atoms with Crippen molar-refractivity contribution in [3.05, 3.63) is 23.8 Å². The molecule has 0 fully saturated rings. The van der Waals surface area contributed by atoms with Crippen molar-refractivity contribution >= 4 is 0 Å². The van der Waals surface area contributed by atoms with Crippen LogP contribution in [0.15, 0.2) is 23.8 Å². The predicted molar refractivity (Wildman–Crippen MR) is 47.1 cm³/mol. The van der Waals surface area contributed by atoms with E-state index in [-0.39, 0.29) is 0 Å². The maximum Gasteiger partial charge on any atom is -0.00115 e. The topological polar surface area (TPSA) is 12.0 Å². The molecule has 0 unspecified atom stereocenters. The van der Waals surface area contributed by atoms with Gasteiger partial charge in [0.2, 0.25) is 0 Å². The van der Waals surface area contributed by atoms with Gasteiger partial charge in [0.25, 0.3) is 0 Å². The second-order valence-electron chi connectivity index (χ2n) is 2.22. The van der Waals surface area contributed by atoms with E-state index in [4.69, 9.17) is 0 Å².